The van der Waals surface area contributed by atoms with Gasteiger partial charge >= 0.3 is 0 Å². The monoisotopic (exact) mass is 546 g/mol. The predicted molar refractivity (Wildman–Crippen MR) is 132 cm³/mol. The number of nitrogens with one attached hydrogen (secondary N) is 1. The van der Waals surface area contributed by atoms with Gasteiger partial charge in [0.05, 0.1) is 6.61 Å². The fourth-order valence-electron chi connectivity index (χ4n) is 3.13. The molecule has 1 aromatic heterocycles. The van der Waals surface area contributed by atoms with Crippen molar-refractivity contribution in [3.63, 3.8) is 0 Å². The van der Waals surface area contributed by atoms with Gasteiger partial charge in [-0.2, -0.15) is 4.37 Å². The summed E-state index contributed by atoms with van der Waals surface area (Å²) >= 11 is 1.49. The van der Waals surface area contributed by atoms with Crippen molar-refractivity contribution in [3.8, 4) is 5.75 Å². The zero-order chi connectivity index (χ0) is 20.5. The molecule has 1 aliphatic heterocycles. The number of aliphatic imine (C=N–C) groups is 1. The summed E-state index contributed by atoms with van der Waals surface area (Å²) < 4.78 is 15.1. The van der Waals surface area contributed by atoms with Crippen LogP contribution in [0.1, 0.15) is 18.3 Å². The van der Waals surface area contributed by atoms with Crippen LogP contribution in [-0.4, -0.2) is 73.8 Å². The van der Waals surface area contributed by atoms with Crippen molar-refractivity contribution in [2.45, 2.75) is 19.9 Å². The van der Waals surface area contributed by atoms with Gasteiger partial charge in [0.15, 0.2) is 5.96 Å². The minimum Gasteiger partial charge on any atom is -0.491 e. The molecule has 0 spiro atoms. The number of hydrogen-bond acceptors (Lipinski definition) is 7. The summed E-state index contributed by atoms with van der Waals surface area (Å²) in [4.78, 5) is 13.7. The maximum absolute atomic E-state index is 5.69. The third-order valence-electron chi connectivity index (χ3n) is 4.74. The molecule has 1 fully saturated rings. The van der Waals surface area contributed by atoms with Crippen LogP contribution >= 0.6 is 35.5 Å². The van der Waals surface area contributed by atoms with Crippen molar-refractivity contribution >= 4 is 46.6 Å². The van der Waals surface area contributed by atoms with Crippen LogP contribution in [0.5, 0.6) is 5.75 Å². The maximum atomic E-state index is 5.69. The lowest BCUT2D eigenvalue weighted by Gasteiger charge is -2.36. The van der Waals surface area contributed by atoms with E-state index in [9.17, 15) is 0 Å². The highest BCUT2D eigenvalue weighted by Crippen LogP contribution is 2.19. The molecule has 3 rings (SSSR count). The summed E-state index contributed by atoms with van der Waals surface area (Å²) in [5.74, 6) is 2.70. The predicted octanol–water partition coefficient (Wildman–Crippen LogP) is 2.64. The highest BCUT2D eigenvalue weighted by Gasteiger charge is 2.22. The standard InChI is InChI=1S/C20H30N6O2S.HI/c1-4-18-23-20(29-24-18)26-10-8-25(9-11-26)19(21-2)22-15-16-6-5-7-17(14-16)28-13-12-27-3;/h5-7,14H,4,8-13,15H2,1-3H3,(H,21,22);1H. The Kier molecular flexibility index (Phi) is 10.6. The van der Waals surface area contributed by atoms with Gasteiger partial charge in [0.1, 0.15) is 18.2 Å². The van der Waals surface area contributed by atoms with Gasteiger partial charge in [0, 0.05) is 64.8 Å². The average Bonchev–Trinajstić information content (AvgIpc) is 3.24. The van der Waals surface area contributed by atoms with Crippen LogP contribution in [0.2, 0.25) is 0 Å². The Bertz CT molecular complexity index is 795. The fourth-order valence-corrected chi connectivity index (χ4v) is 3.93. The number of aryl methyl sites for hydroxylation is 1. The number of piperazine rings is 1. The molecular weight excluding hydrogens is 515 g/mol. The summed E-state index contributed by atoms with van der Waals surface area (Å²) in [5, 5.41) is 4.49. The van der Waals surface area contributed by atoms with Crippen molar-refractivity contribution in [2.75, 3.05) is 58.5 Å². The molecular formula is C20H31IN6O2S. The van der Waals surface area contributed by atoms with Gasteiger partial charge in [-0.25, -0.2) is 4.98 Å². The number of anilines is 1. The minimum atomic E-state index is 0. The molecule has 0 saturated carbocycles. The third kappa shape index (κ3) is 6.95. The first kappa shape index (κ1) is 24.6. The van der Waals surface area contributed by atoms with Crippen molar-refractivity contribution in [1.29, 1.82) is 0 Å². The molecule has 0 aliphatic carbocycles. The van der Waals surface area contributed by atoms with Gasteiger partial charge in [-0.05, 0) is 17.7 Å². The van der Waals surface area contributed by atoms with E-state index in [1.165, 1.54) is 11.5 Å². The Morgan fingerprint density at radius 1 is 1.23 bits per heavy atom. The number of nitrogens with zero attached hydrogens (tertiary/aromatic N) is 5. The molecule has 1 N–H and O–H groups in total. The van der Waals surface area contributed by atoms with E-state index in [2.05, 4.69) is 48.5 Å². The normalized spacial score (nSPS) is 14.4. The molecule has 1 aliphatic rings. The topological polar surface area (TPSA) is 75.1 Å². The quantitative estimate of drug-likeness (QED) is 0.236. The maximum Gasteiger partial charge on any atom is 0.205 e. The molecule has 166 valence electrons. The fraction of sp³-hybridized carbons (Fsp3) is 0.550. The van der Waals surface area contributed by atoms with Crippen LogP contribution in [-0.2, 0) is 17.7 Å². The van der Waals surface area contributed by atoms with Crippen molar-refractivity contribution in [3.05, 3.63) is 35.7 Å². The van der Waals surface area contributed by atoms with Gasteiger partial charge < -0.3 is 24.6 Å². The second-order valence-electron chi connectivity index (χ2n) is 6.71. The second-order valence-corrected chi connectivity index (χ2v) is 7.44. The molecule has 0 amide bonds. The molecule has 0 atom stereocenters. The summed E-state index contributed by atoms with van der Waals surface area (Å²) in [6.45, 7) is 7.56. The van der Waals surface area contributed by atoms with E-state index in [1.54, 1.807) is 7.11 Å². The van der Waals surface area contributed by atoms with Gasteiger partial charge in [-0.3, -0.25) is 4.99 Å². The van der Waals surface area contributed by atoms with Crippen LogP contribution < -0.4 is 15.0 Å². The van der Waals surface area contributed by atoms with Crippen LogP contribution in [0.15, 0.2) is 29.3 Å². The van der Waals surface area contributed by atoms with Crippen molar-refractivity contribution < 1.29 is 9.47 Å². The Hall–Kier alpha value is -1.66. The van der Waals surface area contributed by atoms with E-state index in [0.717, 1.165) is 60.8 Å². The van der Waals surface area contributed by atoms with E-state index in [1.807, 2.05) is 19.2 Å². The van der Waals surface area contributed by atoms with Crippen molar-refractivity contribution in [2.24, 2.45) is 4.99 Å². The number of guanidine groups is 1. The number of halogens is 1. The van der Waals surface area contributed by atoms with Crippen LogP contribution in [0.4, 0.5) is 5.13 Å². The molecule has 2 heterocycles. The average molecular weight is 546 g/mol. The molecule has 0 radical (unpaired) electrons. The first-order chi connectivity index (χ1) is 14.2. The molecule has 10 heteroatoms. The highest BCUT2D eigenvalue weighted by molar-refractivity contribution is 14.0. The number of rotatable bonds is 8. The Balaban J connectivity index is 0.00000320. The number of methoxy groups -OCH3 is 1. The van der Waals surface area contributed by atoms with E-state index in [-0.39, 0.29) is 24.0 Å². The first-order valence-corrected chi connectivity index (χ1v) is 10.7. The Morgan fingerprint density at radius 2 is 2.03 bits per heavy atom. The Morgan fingerprint density at radius 3 is 2.70 bits per heavy atom. The zero-order valence-electron chi connectivity index (χ0n) is 17.8. The third-order valence-corrected chi connectivity index (χ3v) is 5.56. The van der Waals surface area contributed by atoms with Gasteiger partial charge in [0.25, 0.3) is 0 Å². The summed E-state index contributed by atoms with van der Waals surface area (Å²) in [7, 11) is 3.50. The van der Waals surface area contributed by atoms with Crippen LogP contribution in [0, 0.1) is 0 Å². The smallest absolute Gasteiger partial charge is 0.205 e. The summed E-state index contributed by atoms with van der Waals surface area (Å²) in [6.07, 6.45) is 0.881. The summed E-state index contributed by atoms with van der Waals surface area (Å²) in [5.41, 5.74) is 1.15. The number of benzene rings is 1. The highest BCUT2D eigenvalue weighted by atomic mass is 127. The van der Waals surface area contributed by atoms with E-state index >= 15 is 0 Å². The SMILES string of the molecule is CCc1nsc(N2CCN(C(=NC)NCc3cccc(OCCOC)c3)CC2)n1.I. The van der Waals surface area contributed by atoms with E-state index in [0.29, 0.717) is 19.8 Å². The largest absolute Gasteiger partial charge is 0.491 e. The molecule has 1 aromatic carbocycles. The second kappa shape index (κ2) is 12.9. The molecule has 30 heavy (non-hydrogen) atoms. The molecule has 1 saturated heterocycles. The van der Waals surface area contributed by atoms with Crippen molar-refractivity contribution in [1.82, 2.24) is 19.6 Å². The van der Waals surface area contributed by atoms with Crippen LogP contribution in [0.3, 0.4) is 0 Å². The number of ether oxygens (including phenoxy) is 2. The minimum absolute atomic E-state index is 0. The van der Waals surface area contributed by atoms with Gasteiger partial charge in [0.2, 0.25) is 5.13 Å². The van der Waals surface area contributed by atoms with Crippen LogP contribution in [0.25, 0.3) is 0 Å². The Labute approximate surface area is 199 Å². The van der Waals surface area contributed by atoms with Gasteiger partial charge in [-0.15, -0.1) is 24.0 Å². The summed E-state index contributed by atoms with van der Waals surface area (Å²) in [6, 6.07) is 8.11. The lowest BCUT2D eigenvalue weighted by atomic mass is 10.2. The number of hydrogen-bond donors (Lipinski definition) is 1. The molecule has 2 aromatic rings. The molecule has 0 bridgehead atoms. The first-order valence-electron chi connectivity index (χ1n) is 9.97. The lowest BCUT2D eigenvalue weighted by molar-refractivity contribution is 0.146. The zero-order valence-corrected chi connectivity index (χ0v) is 21.0. The van der Waals surface area contributed by atoms with Gasteiger partial charge in [-0.1, -0.05) is 19.1 Å². The van der Waals surface area contributed by atoms with E-state index in [4.69, 9.17) is 9.47 Å². The van der Waals surface area contributed by atoms with E-state index < -0.39 is 0 Å². The lowest BCUT2D eigenvalue weighted by Crippen LogP contribution is -2.52. The number of aromatic nitrogens is 2. The molecule has 8 nitrogen and oxygen atoms in total. The molecule has 0 unspecified atom stereocenters.